The van der Waals surface area contributed by atoms with E-state index in [1.165, 1.54) is 18.4 Å². The maximum atomic E-state index is 12.0. The van der Waals surface area contributed by atoms with Crippen molar-refractivity contribution in [1.29, 1.82) is 0 Å². The van der Waals surface area contributed by atoms with E-state index in [0.717, 1.165) is 43.8 Å². The number of aliphatic hydroxyl groups is 1. The van der Waals surface area contributed by atoms with Gasteiger partial charge in [-0.2, -0.15) is 0 Å². The van der Waals surface area contributed by atoms with Gasteiger partial charge in [-0.1, -0.05) is 13.0 Å². The Bertz CT molecular complexity index is 718. The van der Waals surface area contributed by atoms with E-state index in [1.807, 2.05) is 6.07 Å². The molecule has 1 aliphatic heterocycles. The molecule has 2 saturated carbocycles. The first-order valence-electron chi connectivity index (χ1n) is 10.1. The second kappa shape index (κ2) is 5.85. The van der Waals surface area contributed by atoms with Gasteiger partial charge in [0.2, 0.25) is 0 Å². The van der Waals surface area contributed by atoms with Gasteiger partial charge >= 0.3 is 0 Å². The number of ether oxygens (including phenoxy) is 2. The number of methoxy groups -OCH3 is 1. The van der Waals surface area contributed by atoms with E-state index in [1.54, 1.807) is 13.2 Å². The Kier molecular flexibility index (Phi) is 3.79. The number of benzene rings is 1. The van der Waals surface area contributed by atoms with Crippen LogP contribution in [-0.2, 0) is 11.2 Å². The first-order valence-corrected chi connectivity index (χ1v) is 10.1. The van der Waals surface area contributed by atoms with Gasteiger partial charge in [-0.25, -0.2) is 0 Å². The Balaban J connectivity index is 1.60. The molecule has 3 aliphatic carbocycles. The van der Waals surface area contributed by atoms with Gasteiger partial charge in [0.25, 0.3) is 0 Å². The monoisotopic (exact) mass is 359 g/mol. The number of hydrogen-bond donors (Lipinski definition) is 2. The first-order chi connectivity index (χ1) is 12.6. The van der Waals surface area contributed by atoms with E-state index in [4.69, 9.17) is 9.47 Å². The molecule has 2 fully saturated rings. The van der Waals surface area contributed by atoms with Crippen molar-refractivity contribution in [1.82, 2.24) is 4.90 Å². The zero-order valence-electron chi connectivity index (χ0n) is 15.6. The zero-order valence-corrected chi connectivity index (χ0v) is 15.6. The summed E-state index contributed by atoms with van der Waals surface area (Å²) in [5.41, 5.74) is 1.42. The number of nitrogens with zero attached hydrogens (tertiary/aromatic N) is 1. The molecule has 4 aliphatic rings. The van der Waals surface area contributed by atoms with E-state index >= 15 is 0 Å². The van der Waals surface area contributed by atoms with Gasteiger partial charge in [-0.05, 0) is 56.2 Å². The third-order valence-electron chi connectivity index (χ3n) is 7.22. The molecule has 1 heterocycles. The van der Waals surface area contributed by atoms with Gasteiger partial charge in [-0.15, -0.1) is 0 Å². The van der Waals surface area contributed by atoms with Crippen molar-refractivity contribution in [3.63, 3.8) is 0 Å². The second-order valence-corrected chi connectivity index (χ2v) is 8.60. The maximum absolute atomic E-state index is 12.0. The quantitative estimate of drug-likeness (QED) is 0.845. The molecule has 142 valence electrons. The predicted molar refractivity (Wildman–Crippen MR) is 97.7 cm³/mol. The average Bonchev–Trinajstić information content (AvgIpc) is 3.36. The molecule has 2 N–H and O–H groups in total. The van der Waals surface area contributed by atoms with E-state index in [9.17, 15) is 10.2 Å². The van der Waals surface area contributed by atoms with E-state index in [2.05, 4.69) is 11.8 Å². The lowest BCUT2D eigenvalue weighted by Gasteiger charge is -2.53. The van der Waals surface area contributed by atoms with Gasteiger partial charge in [0.1, 0.15) is 6.10 Å². The van der Waals surface area contributed by atoms with Crippen molar-refractivity contribution in [2.24, 2.45) is 5.92 Å². The van der Waals surface area contributed by atoms with Gasteiger partial charge in [0, 0.05) is 25.3 Å². The van der Waals surface area contributed by atoms with Crippen LogP contribution in [-0.4, -0.2) is 59.2 Å². The Hall–Kier alpha value is -1.30. The van der Waals surface area contributed by atoms with Crippen molar-refractivity contribution in [3.05, 3.63) is 23.3 Å². The van der Waals surface area contributed by atoms with Gasteiger partial charge in [-0.3, -0.25) is 4.90 Å². The van der Waals surface area contributed by atoms with Crippen molar-refractivity contribution in [2.75, 3.05) is 20.2 Å². The molecular weight excluding hydrogens is 330 g/mol. The molecule has 0 aromatic heterocycles. The molecule has 3 unspecified atom stereocenters. The van der Waals surface area contributed by atoms with Gasteiger partial charge in [0.05, 0.1) is 17.6 Å². The molecule has 0 amide bonds. The van der Waals surface area contributed by atoms with Crippen molar-refractivity contribution in [3.8, 4) is 11.5 Å². The highest BCUT2D eigenvalue weighted by atomic mass is 16.5. The first kappa shape index (κ1) is 16.8. The number of rotatable bonds is 5. The molecule has 5 nitrogen and oxygen atoms in total. The topological polar surface area (TPSA) is 62.2 Å². The molecular formula is C21H29NO4. The van der Waals surface area contributed by atoms with Crippen LogP contribution < -0.4 is 4.74 Å². The lowest BCUT2D eigenvalue weighted by molar-refractivity contribution is -0.146. The molecule has 26 heavy (non-hydrogen) atoms. The van der Waals surface area contributed by atoms with Crippen LogP contribution in [0.1, 0.15) is 49.7 Å². The highest BCUT2D eigenvalue weighted by Crippen LogP contribution is 2.59. The standard InChI is InChI=1S/C21H29NO4/c1-3-22(11-12-4-5-12)16-10-13-6-7-14(23)19-17(13)18-20(26-19)15(25-2)8-9-21(16,18)24/h6-7,12,15-16,18,20,23-24H,3-5,8-11H2,1-2H3/t15?,16?,18?,20-,21+/m0/s1. The summed E-state index contributed by atoms with van der Waals surface area (Å²) in [7, 11) is 1.72. The summed E-state index contributed by atoms with van der Waals surface area (Å²) >= 11 is 0. The Labute approximate surface area is 154 Å². The largest absolute Gasteiger partial charge is 0.504 e. The zero-order chi connectivity index (χ0) is 18.1. The third-order valence-corrected chi connectivity index (χ3v) is 7.22. The number of hydrogen-bond acceptors (Lipinski definition) is 5. The average molecular weight is 359 g/mol. The molecule has 0 radical (unpaired) electrons. The van der Waals surface area contributed by atoms with Crippen molar-refractivity contribution in [2.45, 2.75) is 68.8 Å². The normalized spacial score (nSPS) is 37.5. The van der Waals surface area contributed by atoms with E-state index < -0.39 is 5.60 Å². The van der Waals surface area contributed by atoms with E-state index in [0.29, 0.717) is 5.75 Å². The minimum absolute atomic E-state index is 0.0443. The fourth-order valence-corrected chi connectivity index (χ4v) is 5.72. The summed E-state index contributed by atoms with van der Waals surface area (Å²) < 4.78 is 11.9. The van der Waals surface area contributed by atoms with Gasteiger partial charge < -0.3 is 19.7 Å². The third kappa shape index (κ3) is 2.26. The fraction of sp³-hybridized carbons (Fsp3) is 0.714. The summed E-state index contributed by atoms with van der Waals surface area (Å²) in [4.78, 5) is 2.50. The molecule has 5 heteroatoms. The highest BCUT2D eigenvalue weighted by molar-refractivity contribution is 5.58. The number of phenolic OH excluding ortho intramolecular Hbond substituents is 1. The molecule has 5 atom stereocenters. The number of likely N-dealkylation sites (N-methyl/N-ethyl adjacent to an activating group) is 1. The van der Waals surface area contributed by atoms with Crippen molar-refractivity contribution >= 4 is 0 Å². The second-order valence-electron chi connectivity index (χ2n) is 8.60. The molecule has 1 aromatic rings. The minimum Gasteiger partial charge on any atom is -0.504 e. The number of phenols is 1. The predicted octanol–water partition coefficient (Wildman–Crippen LogP) is 2.43. The Morgan fingerprint density at radius 2 is 2.12 bits per heavy atom. The smallest absolute Gasteiger partial charge is 0.165 e. The highest BCUT2D eigenvalue weighted by Gasteiger charge is 2.62. The lowest BCUT2D eigenvalue weighted by atomic mass is 9.61. The summed E-state index contributed by atoms with van der Waals surface area (Å²) in [6.07, 6.45) is 4.70. The summed E-state index contributed by atoms with van der Waals surface area (Å²) in [6, 6.07) is 3.87. The molecule has 0 spiro atoms. The lowest BCUT2D eigenvalue weighted by Crippen LogP contribution is -2.64. The van der Waals surface area contributed by atoms with Crippen LogP contribution in [0.25, 0.3) is 0 Å². The molecule has 5 rings (SSSR count). The number of aromatic hydroxyl groups is 1. The van der Waals surface area contributed by atoms with Crippen LogP contribution in [0.3, 0.4) is 0 Å². The maximum Gasteiger partial charge on any atom is 0.165 e. The van der Waals surface area contributed by atoms with Crippen LogP contribution in [0.4, 0.5) is 0 Å². The molecule has 0 bridgehead atoms. The van der Waals surface area contributed by atoms with Crippen molar-refractivity contribution < 1.29 is 19.7 Å². The van der Waals surface area contributed by atoms with Crippen LogP contribution >= 0.6 is 0 Å². The van der Waals surface area contributed by atoms with Crippen LogP contribution in [0.5, 0.6) is 11.5 Å². The Morgan fingerprint density at radius 3 is 2.81 bits per heavy atom. The summed E-state index contributed by atoms with van der Waals surface area (Å²) in [6.45, 7) is 4.23. The fourth-order valence-electron chi connectivity index (χ4n) is 5.72. The molecule has 1 aromatic carbocycles. The summed E-state index contributed by atoms with van der Waals surface area (Å²) in [5, 5.41) is 22.3. The van der Waals surface area contributed by atoms with Crippen LogP contribution in [0.2, 0.25) is 0 Å². The summed E-state index contributed by atoms with van der Waals surface area (Å²) in [5.74, 6) is 1.43. The minimum atomic E-state index is -0.823. The Morgan fingerprint density at radius 1 is 1.31 bits per heavy atom. The van der Waals surface area contributed by atoms with E-state index in [-0.39, 0.29) is 29.9 Å². The van der Waals surface area contributed by atoms with Crippen LogP contribution in [0, 0.1) is 5.92 Å². The SMILES string of the molecule is CCN(CC1CC1)C1Cc2ccc(O)c3c2C2[C@@H](O3)C(OC)CC[C@]21O. The molecule has 0 saturated heterocycles. The van der Waals surface area contributed by atoms with Crippen LogP contribution in [0.15, 0.2) is 12.1 Å². The van der Waals surface area contributed by atoms with Gasteiger partial charge in [0.15, 0.2) is 11.5 Å².